The third kappa shape index (κ3) is 7.12. The number of para-hydroxylation sites is 1. The highest BCUT2D eigenvalue weighted by Gasteiger charge is 2.38. The van der Waals surface area contributed by atoms with Crippen LogP contribution in [0.1, 0.15) is 37.8 Å². The Labute approximate surface area is 234 Å². The van der Waals surface area contributed by atoms with Crippen LogP contribution in [0.4, 0.5) is 18.9 Å². The van der Waals surface area contributed by atoms with Crippen molar-refractivity contribution in [1.29, 1.82) is 0 Å². The Balaban J connectivity index is 1.74. The van der Waals surface area contributed by atoms with Crippen molar-refractivity contribution in [3.63, 3.8) is 0 Å². The molecule has 1 N–H and O–H groups in total. The minimum absolute atomic E-state index is 0.0605. The number of carboxylic acid groups (broad SMARTS) is 1. The van der Waals surface area contributed by atoms with Gasteiger partial charge < -0.3 is 19.3 Å². The van der Waals surface area contributed by atoms with Gasteiger partial charge in [0, 0.05) is 24.7 Å². The maximum atomic E-state index is 14.0. The summed E-state index contributed by atoms with van der Waals surface area (Å²) in [6.45, 7) is 3.88. The summed E-state index contributed by atoms with van der Waals surface area (Å²) in [4.78, 5) is 11.0. The molecule has 0 fully saturated rings. The van der Waals surface area contributed by atoms with Crippen LogP contribution in [0, 0.1) is 0 Å². The van der Waals surface area contributed by atoms with Gasteiger partial charge in [-0.15, -0.1) is 18.3 Å². The van der Waals surface area contributed by atoms with Crippen LogP contribution in [0.3, 0.4) is 0 Å². The number of alkyl halides is 3. The van der Waals surface area contributed by atoms with Gasteiger partial charge >= 0.3 is 12.3 Å². The van der Waals surface area contributed by atoms with E-state index in [1.807, 2.05) is 0 Å². The normalized spacial score (nSPS) is 15.4. The molecule has 0 saturated heterocycles. The summed E-state index contributed by atoms with van der Waals surface area (Å²) in [5.74, 6) is -1.30. The summed E-state index contributed by atoms with van der Waals surface area (Å²) in [5, 5.41) is 13.4. The van der Waals surface area contributed by atoms with Gasteiger partial charge in [0.05, 0.1) is 18.8 Å². The van der Waals surface area contributed by atoms with Crippen LogP contribution < -0.4 is 18.5 Å². The van der Waals surface area contributed by atoms with E-state index < -0.39 is 28.5 Å². The number of carbonyl (C=O) groups is 1. The van der Waals surface area contributed by atoms with Gasteiger partial charge in [0.1, 0.15) is 17.6 Å². The number of anilines is 1. The predicted octanol–water partition coefficient (Wildman–Crippen LogP) is 5.19. The summed E-state index contributed by atoms with van der Waals surface area (Å²) < 4.78 is 84.6. The standard InChI is InChI=1S/C27H28F3N3O7S/c1-3-32-17-24(26(31-32)38-4-2)41(36,37)33-16-20(12-14-25(34)35)39-23-13-10-18(15-21(23)33)9-11-19-7-5-6-8-22(19)40-27(28,29)30/h5-11,13,15,17,20H,3-4,12,14,16H2,1-2H3,(H,34,35)/b11-9+/t20-/m0/s1. The van der Waals surface area contributed by atoms with Gasteiger partial charge in [-0.3, -0.25) is 13.8 Å². The smallest absolute Gasteiger partial charge is 0.486 e. The first-order valence-electron chi connectivity index (χ1n) is 12.7. The zero-order valence-corrected chi connectivity index (χ0v) is 23.0. The monoisotopic (exact) mass is 595 g/mol. The quantitative estimate of drug-likeness (QED) is 0.301. The number of aromatic nitrogens is 2. The molecule has 41 heavy (non-hydrogen) atoms. The number of sulfonamides is 1. The fraction of sp³-hybridized carbons (Fsp3) is 0.333. The van der Waals surface area contributed by atoms with Gasteiger partial charge in [-0.05, 0) is 44.0 Å². The van der Waals surface area contributed by atoms with Gasteiger partial charge in [0.25, 0.3) is 15.9 Å². The average Bonchev–Trinajstić information content (AvgIpc) is 3.34. The van der Waals surface area contributed by atoms with E-state index in [1.165, 1.54) is 53.4 Å². The molecule has 0 amide bonds. The minimum Gasteiger partial charge on any atom is -0.486 e. The first-order valence-corrected chi connectivity index (χ1v) is 14.1. The third-order valence-corrected chi connectivity index (χ3v) is 7.83. The van der Waals surface area contributed by atoms with Gasteiger partial charge in [0.15, 0.2) is 4.90 Å². The van der Waals surface area contributed by atoms with Crippen molar-refractivity contribution in [2.24, 2.45) is 0 Å². The van der Waals surface area contributed by atoms with E-state index in [4.69, 9.17) is 14.6 Å². The minimum atomic E-state index is -4.87. The lowest BCUT2D eigenvalue weighted by Gasteiger charge is -2.35. The van der Waals surface area contributed by atoms with Crippen molar-refractivity contribution >= 4 is 33.8 Å². The zero-order chi connectivity index (χ0) is 29.8. The number of ether oxygens (including phenoxy) is 3. The maximum absolute atomic E-state index is 14.0. The molecule has 2 heterocycles. The van der Waals surface area contributed by atoms with Crippen molar-refractivity contribution < 1.29 is 45.7 Å². The van der Waals surface area contributed by atoms with E-state index >= 15 is 0 Å². The molecule has 0 saturated carbocycles. The largest absolute Gasteiger partial charge is 0.573 e. The van der Waals surface area contributed by atoms with Crippen LogP contribution in [-0.2, 0) is 21.4 Å². The first kappa shape index (κ1) is 29.8. The Hall–Kier alpha value is -4.20. The van der Waals surface area contributed by atoms with Crippen molar-refractivity contribution in [3.8, 4) is 17.4 Å². The van der Waals surface area contributed by atoms with E-state index in [0.29, 0.717) is 12.1 Å². The molecule has 0 bridgehead atoms. The van der Waals surface area contributed by atoms with Crippen molar-refractivity contribution in [2.75, 3.05) is 17.5 Å². The second-order valence-corrected chi connectivity index (χ2v) is 10.8. The second-order valence-electron chi connectivity index (χ2n) is 8.94. The molecule has 0 aliphatic carbocycles. The lowest BCUT2D eigenvalue weighted by molar-refractivity contribution is -0.274. The number of rotatable bonds is 11. The molecule has 1 aliphatic heterocycles. The summed E-state index contributed by atoms with van der Waals surface area (Å²) in [6, 6.07) is 10.3. The average molecular weight is 596 g/mol. The van der Waals surface area contributed by atoms with Crippen LogP contribution in [0.15, 0.2) is 53.6 Å². The Morgan fingerprint density at radius 3 is 2.63 bits per heavy atom. The van der Waals surface area contributed by atoms with Gasteiger partial charge in [-0.1, -0.05) is 36.4 Å². The summed E-state index contributed by atoms with van der Waals surface area (Å²) >= 11 is 0. The number of aliphatic carboxylic acids is 1. The number of halogens is 3. The highest BCUT2D eigenvalue weighted by atomic mass is 32.2. The van der Waals surface area contributed by atoms with Gasteiger partial charge in [0.2, 0.25) is 0 Å². The van der Waals surface area contributed by atoms with Crippen molar-refractivity contribution in [1.82, 2.24) is 9.78 Å². The molecular formula is C27H28F3N3O7S. The Bertz CT molecular complexity index is 1540. The lowest BCUT2D eigenvalue weighted by Crippen LogP contribution is -2.43. The van der Waals surface area contributed by atoms with Gasteiger partial charge in [-0.25, -0.2) is 8.42 Å². The molecule has 220 valence electrons. The van der Waals surface area contributed by atoms with E-state index in [9.17, 15) is 26.4 Å². The summed E-state index contributed by atoms with van der Waals surface area (Å²) in [6.07, 6.45) is -1.50. The van der Waals surface area contributed by atoms with Crippen LogP contribution >= 0.6 is 0 Å². The lowest BCUT2D eigenvalue weighted by atomic mass is 10.1. The molecule has 1 aromatic heterocycles. The van der Waals surface area contributed by atoms with E-state index in [0.717, 1.165) is 4.31 Å². The number of nitrogens with zero attached hydrogens (tertiary/aromatic N) is 3. The van der Waals surface area contributed by atoms with E-state index in [-0.39, 0.29) is 59.5 Å². The van der Waals surface area contributed by atoms with Crippen LogP contribution in [0.2, 0.25) is 0 Å². The Kier molecular flexibility index (Phi) is 8.80. The van der Waals surface area contributed by atoms with Gasteiger partial charge in [-0.2, -0.15) is 0 Å². The maximum Gasteiger partial charge on any atom is 0.573 e. The summed E-state index contributed by atoms with van der Waals surface area (Å²) in [7, 11) is -4.27. The molecule has 14 heteroatoms. The van der Waals surface area contributed by atoms with Crippen LogP contribution in [0.5, 0.6) is 17.4 Å². The molecule has 3 aromatic rings. The third-order valence-electron chi connectivity index (χ3n) is 6.06. The molecular weight excluding hydrogens is 567 g/mol. The molecule has 0 radical (unpaired) electrons. The number of benzene rings is 2. The van der Waals surface area contributed by atoms with Crippen LogP contribution in [-0.4, -0.2) is 54.9 Å². The molecule has 0 unspecified atom stereocenters. The highest BCUT2D eigenvalue weighted by molar-refractivity contribution is 7.93. The summed E-state index contributed by atoms with van der Waals surface area (Å²) in [5.41, 5.74) is 0.795. The number of carboxylic acids is 1. The molecule has 4 rings (SSSR count). The highest BCUT2D eigenvalue weighted by Crippen LogP contribution is 2.40. The van der Waals surface area contributed by atoms with Crippen molar-refractivity contribution in [2.45, 2.75) is 50.6 Å². The number of aryl methyl sites for hydroxylation is 1. The molecule has 0 spiro atoms. The van der Waals surface area contributed by atoms with E-state index in [1.54, 1.807) is 26.0 Å². The van der Waals surface area contributed by atoms with Crippen molar-refractivity contribution in [3.05, 3.63) is 59.8 Å². The predicted molar refractivity (Wildman–Crippen MR) is 143 cm³/mol. The number of fused-ring (bicyclic) bond motifs is 1. The first-order chi connectivity index (χ1) is 19.4. The molecule has 1 aliphatic rings. The Morgan fingerprint density at radius 1 is 1.20 bits per heavy atom. The SMILES string of the molecule is CCOc1nn(CC)cc1S(=O)(=O)N1C[C@H](CCC(=O)O)Oc2ccc(/C=C/c3ccccc3OC(F)(F)F)cc21. The number of hydrogen-bond donors (Lipinski definition) is 1. The molecule has 1 atom stereocenters. The molecule has 10 nitrogen and oxygen atoms in total. The fourth-order valence-corrected chi connectivity index (χ4v) is 5.77. The topological polar surface area (TPSA) is 120 Å². The second kappa shape index (κ2) is 12.1. The fourth-order valence-electron chi connectivity index (χ4n) is 4.20. The Morgan fingerprint density at radius 2 is 1.95 bits per heavy atom. The van der Waals surface area contributed by atoms with E-state index in [2.05, 4.69) is 9.84 Å². The van der Waals surface area contributed by atoms with Crippen LogP contribution in [0.25, 0.3) is 12.2 Å². The molecule has 2 aromatic carbocycles. The zero-order valence-electron chi connectivity index (χ0n) is 22.2. The number of hydrogen-bond acceptors (Lipinski definition) is 7.